The molecule has 1 heterocycles. The molecule has 0 saturated heterocycles. The molecule has 2 aromatic rings. The molecule has 20 heavy (non-hydrogen) atoms. The second-order valence-corrected chi connectivity index (χ2v) is 5.18. The minimum Gasteiger partial charge on any atom is -0.461 e. The lowest BCUT2D eigenvalue weighted by atomic mass is 10.1. The predicted octanol–water partition coefficient (Wildman–Crippen LogP) is 2.93. The Morgan fingerprint density at radius 2 is 2.00 bits per heavy atom. The van der Waals surface area contributed by atoms with Crippen LogP contribution in [0.1, 0.15) is 33.6 Å². The second kappa shape index (κ2) is 5.90. The minimum absolute atomic E-state index is 0.224. The number of rotatable bonds is 4. The quantitative estimate of drug-likeness (QED) is 0.871. The maximum absolute atomic E-state index is 11.9. The Bertz CT molecular complexity index is 610. The van der Waals surface area contributed by atoms with Gasteiger partial charge in [-0.1, -0.05) is 23.8 Å². The van der Waals surface area contributed by atoms with Crippen molar-refractivity contribution in [3.05, 3.63) is 51.8 Å². The summed E-state index contributed by atoms with van der Waals surface area (Å²) < 4.78 is 5.37. The van der Waals surface area contributed by atoms with Crippen LogP contribution in [-0.4, -0.2) is 16.2 Å². The van der Waals surface area contributed by atoms with Gasteiger partial charge in [-0.15, -0.1) is 0 Å². The van der Waals surface area contributed by atoms with E-state index in [1.54, 1.807) is 0 Å². The van der Waals surface area contributed by atoms with Crippen molar-refractivity contribution in [2.75, 3.05) is 0 Å². The molecule has 0 spiro atoms. The van der Waals surface area contributed by atoms with Gasteiger partial charge in [0.1, 0.15) is 6.61 Å². The fourth-order valence-electron chi connectivity index (χ4n) is 2.14. The Morgan fingerprint density at radius 3 is 2.65 bits per heavy atom. The van der Waals surface area contributed by atoms with Crippen LogP contribution in [0.2, 0.25) is 0 Å². The highest BCUT2D eigenvalue weighted by molar-refractivity contribution is 5.73. The van der Waals surface area contributed by atoms with Crippen molar-refractivity contribution in [2.45, 2.75) is 40.7 Å². The first-order valence-electron chi connectivity index (χ1n) is 6.69. The lowest BCUT2D eigenvalue weighted by molar-refractivity contribution is -0.144. The molecule has 0 saturated carbocycles. The third-order valence-electron chi connectivity index (χ3n) is 3.50. The number of aryl methyl sites for hydroxylation is 4. The van der Waals surface area contributed by atoms with E-state index in [2.05, 4.69) is 22.3 Å². The van der Waals surface area contributed by atoms with E-state index in [1.807, 2.05) is 33.8 Å². The molecule has 4 nitrogen and oxygen atoms in total. The zero-order valence-corrected chi connectivity index (χ0v) is 12.4. The lowest BCUT2D eigenvalue weighted by Crippen LogP contribution is -2.09. The number of hydrogen-bond acceptors (Lipinski definition) is 3. The van der Waals surface area contributed by atoms with E-state index in [0.29, 0.717) is 6.61 Å². The van der Waals surface area contributed by atoms with Crippen LogP contribution >= 0.6 is 0 Å². The molecule has 1 aromatic carbocycles. The Labute approximate surface area is 119 Å². The molecule has 0 aliphatic carbocycles. The van der Waals surface area contributed by atoms with E-state index in [9.17, 15) is 4.79 Å². The number of aromatic amines is 1. The Balaban J connectivity index is 1.97. The topological polar surface area (TPSA) is 55.0 Å². The van der Waals surface area contributed by atoms with Gasteiger partial charge in [0.15, 0.2) is 0 Å². The average molecular weight is 272 g/mol. The normalized spacial score (nSPS) is 10.6. The summed E-state index contributed by atoms with van der Waals surface area (Å²) in [5.74, 6) is -0.224. The molecule has 0 aliphatic rings. The van der Waals surface area contributed by atoms with Crippen LogP contribution in [0.25, 0.3) is 0 Å². The van der Waals surface area contributed by atoms with E-state index < -0.39 is 0 Å². The Morgan fingerprint density at radius 1 is 1.25 bits per heavy atom. The van der Waals surface area contributed by atoms with Gasteiger partial charge in [-0.3, -0.25) is 9.89 Å². The molecular formula is C16H20N2O2. The smallest absolute Gasteiger partial charge is 0.310 e. The van der Waals surface area contributed by atoms with E-state index in [4.69, 9.17) is 4.74 Å². The number of nitrogens with one attached hydrogen (secondary N) is 1. The van der Waals surface area contributed by atoms with Gasteiger partial charge >= 0.3 is 5.97 Å². The van der Waals surface area contributed by atoms with Crippen molar-refractivity contribution in [1.29, 1.82) is 0 Å². The van der Waals surface area contributed by atoms with Crippen LogP contribution in [0.4, 0.5) is 0 Å². The number of ether oxygens (including phenoxy) is 1. The first-order chi connectivity index (χ1) is 9.47. The van der Waals surface area contributed by atoms with Gasteiger partial charge in [0.25, 0.3) is 0 Å². The molecule has 2 rings (SSSR count). The van der Waals surface area contributed by atoms with Gasteiger partial charge in [-0.2, -0.15) is 5.10 Å². The van der Waals surface area contributed by atoms with Gasteiger partial charge in [-0.05, 0) is 38.8 Å². The summed E-state index contributed by atoms with van der Waals surface area (Å²) in [7, 11) is 0. The highest BCUT2D eigenvalue weighted by atomic mass is 16.5. The summed E-state index contributed by atoms with van der Waals surface area (Å²) in [6.45, 7) is 8.17. The van der Waals surface area contributed by atoms with Gasteiger partial charge in [0.2, 0.25) is 0 Å². The van der Waals surface area contributed by atoms with E-state index in [1.165, 1.54) is 5.56 Å². The van der Waals surface area contributed by atoms with E-state index in [0.717, 1.165) is 28.1 Å². The summed E-state index contributed by atoms with van der Waals surface area (Å²) in [5.41, 5.74) is 6.06. The van der Waals surface area contributed by atoms with Crippen molar-refractivity contribution in [1.82, 2.24) is 10.2 Å². The van der Waals surface area contributed by atoms with Gasteiger partial charge in [0.05, 0.1) is 12.1 Å². The summed E-state index contributed by atoms with van der Waals surface area (Å²) in [5, 5.41) is 6.96. The van der Waals surface area contributed by atoms with Gasteiger partial charge in [-0.25, -0.2) is 0 Å². The van der Waals surface area contributed by atoms with Crippen molar-refractivity contribution in [3.8, 4) is 0 Å². The zero-order valence-electron chi connectivity index (χ0n) is 12.4. The predicted molar refractivity (Wildman–Crippen MR) is 77.5 cm³/mol. The van der Waals surface area contributed by atoms with Crippen LogP contribution in [0.3, 0.4) is 0 Å². The lowest BCUT2D eigenvalue weighted by Gasteiger charge is -2.08. The summed E-state index contributed by atoms with van der Waals surface area (Å²) >= 11 is 0. The third-order valence-corrected chi connectivity index (χ3v) is 3.50. The fraction of sp³-hybridized carbons (Fsp3) is 0.375. The number of nitrogens with zero attached hydrogens (tertiary/aromatic N) is 1. The average Bonchev–Trinajstić information content (AvgIpc) is 2.71. The molecule has 0 fully saturated rings. The first kappa shape index (κ1) is 14.3. The van der Waals surface area contributed by atoms with Crippen LogP contribution in [-0.2, 0) is 22.6 Å². The van der Waals surface area contributed by atoms with Crippen LogP contribution in [0, 0.1) is 27.7 Å². The maximum Gasteiger partial charge on any atom is 0.310 e. The number of benzene rings is 1. The molecule has 4 heteroatoms. The summed E-state index contributed by atoms with van der Waals surface area (Å²) in [6, 6.07) is 6.15. The molecule has 0 unspecified atom stereocenters. The molecular weight excluding hydrogens is 252 g/mol. The largest absolute Gasteiger partial charge is 0.461 e. The molecule has 1 aromatic heterocycles. The molecule has 0 radical (unpaired) electrons. The second-order valence-electron chi connectivity index (χ2n) is 5.18. The first-order valence-corrected chi connectivity index (χ1v) is 6.69. The zero-order chi connectivity index (χ0) is 14.7. The number of esters is 1. The number of carbonyl (C=O) groups excluding carboxylic acids is 1. The Hall–Kier alpha value is -2.10. The van der Waals surface area contributed by atoms with Gasteiger partial charge in [0, 0.05) is 11.3 Å². The number of aromatic nitrogens is 2. The fourth-order valence-corrected chi connectivity index (χ4v) is 2.14. The molecule has 0 bridgehead atoms. The highest BCUT2D eigenvalue weighted by Crippen LogP contribution is 2.14. The van der Waals surface area contributed by atoms with Crippen molar-refractivity contribution in [2.24, 2.45) is 0 Å². The van der Waals surface area contributed by atoms with Crippen LogP contribution < -0.4 is 0 Å². The molecule has 0 aliphatic heterocycles. The number of carbonyl (C=O) groups is 1. The van der Waals surface area contributed by atoms with E-state index in [-0.39, 0.29) is 12.4 Å². The highest BCUT2D eigenvalue weighted by Gasteiger charge is 2.13. The SMILES string of the molecule is Cc1ccc(C)c(COC(=O)Cc2c(C)n[nH]c2C)c1. The minimum atomic E-state index is -0.224. The third kappa shape index (κ3) is 3.26. The maximum atomic E-state index is 11.9. The van der Waals surface area contributed by atoms with Crippen LogP contribution in [0.5, 0.6) is 0 Å². The monoisotopic (exact) mass is 272 g/mol. The standard InChI is InChI=1S/C16H20N2O2/c1-10-5-6-11(2)14(7-10)9-20-16(19)8-15-12(3)17-18-13(15)4/h5-7H,8-9H2,1-4H3,(H,17,18). The summed E-state index contributed by atoms with van der Waals surface area (Å²) in [6.07, 6.45) is 0.263. The summed E-state index contributed by atoms with van der Waals surface area (Å²) in [4.78, 5) is 11.9. The van der Waals surface area contributed by atoms with Crippen LogP contribution in [0.15, 0.2) is 18.2 Å². The molecule has 0 atom stereocenters. The molecule has 0 amide bonds. The number of hydrogen-bond donors (Lipinski definition) is 1. The van der Waals surface area contributed by atoms with E-state index >= 15 is 0 Å². The number of H-pyrrole nitrogens is 1. The molecule has 1 N–H and O–H groups in total. The van der Waals surface area contributed by atoms with Gasteiger partial charge < -0.3 is 4.74 Å². The van der Waals surface area contributed by atoms with Crippen molar-refractivity contribution >= 4 is 5.97 Å². The molecule has 106 valence electrons. The Kier molecular flexibility index (Phi) is 4.23. The van der Waals surface area contributed by atoms with Crippen molar-refractivity contribution in [3.63, 3.8) is 0 Å². The van der Waals surface area contributed by atoms with Crippen molar-refractivity contribution < 1.29 is 9.53 Å².